The molecule has 2 saturated heterocycles. The Morgan fingerprint density at radius 2 is 1.83 bits per heavy atom. The molecular formula is C22H30IN5OS. The van der Waals surface area contributed by atoms with E-state index in [0.29, 0.717) is 6.42 Å². The van der Waals surface area contributed by atoms with Crippen LogP contribution in [-0.2, 0) is 11.3 Å². The zero-order valence-electron chi connectivity index (χ0n) is 17.4. The lowest BCUT2D eigenvalue weighted by Gasteiger charge is -2.37. The number of benzene rings is 1. The molecule has 2 aromatic rings. The van der Waals surface area contributed by atoms with Crippen LogP contribution in [0.1, 0.15) is 24.8 Å². The summed E-state index contributed by atoms with van der Waals surface area (Å²) < 4.78 is 0. The fraction of sp³-hybridized carbons (Fsp3) is 0.455. The Balaban J connectivity index is 0.00000256. The van der Waals surface area contributed by atoms with Gasteiger partial charge in [-0.25, -0.2) is 0 Å². The molecule has 2 aliphatic rings. The molecule has 0 radical (unpaired) electrons. The Morgan fingerprint density at radius 1 is 1.07 bits per heavy atom. The molecule has 4 rings (SSSR count). The number of nitrogens with zero attached hydrogens (tertiary/aromatic N) is 4. The molecule has 0 bridgehead atoms. The van der Waals surface area contributed by atoms with Crippen LogP contribution in [0, 0.1) is 0 Å². The van der Waals surface area contributed by atoms with Gasteiger partial charge in [0, 0.05) is 58.4 Å². The maximum Gasteiger partial charge on any atom is 0.226 e. The largest absolute Gasteiger partial charge is 0.360 e. The third-order valence-electron chi connectivity index (χ3n) is 5.63. The van der Waals surface area contributed by atoms with Crippen molar-refractivity contribution < 1.29 is 4.79 Å². The summed E-state index contributed by atoms with van der Waals surface area (Å²) >= 11 is 1.80. The zero-order chi connectivity index (χ0) is 20.1. The quantitative estimate of drug-likeness (QED) is 0.365. The molecule has 30 heavy (non-hydrogen) atoms. The predicted octanol–water partition coefficient (Wildman–Crippen LogP) is 3.78. The van der Waals surface area contributed by atoms with E-state index < -0.39 is 0 Å². The number of aliphatic imine (C=N–C) groups is 1. The van der Waals surface area contributed by atoms with Gasteiger partial charge < -0.3 is 20.0 Å². The van der Waals surface area contributed by atoms with Gasteiger partial charge in [0.25, 0.3) is 0 Å². The molecule has 0 saturated carbocycles. The summed E-state index contributed by atoms with van der Waals surface area (Å²) in [5.41, 5.74) is 2.20. The average Bonchev–Trinajstić information content (AvgIpc) is 3.31. The summed E-state index contributed by atoms with van der Waals surface area (Å²) in [5.74, 6) is 1.19. The number of thiophene rings is 1. The minimum atomic E-state index is 0. The topological polar surface area (TPSA) is 51.2 Å². The highest BCUT2D eigenvalue weighted by Crippen LogP contribution is 2.23. The summed E-state index contributed by atoms with van der Waals surface area (Å²) in [6.45, 7) is 5.52. The molecule has 1 amide bonds. The van der Waals surface area contributed by atoms with Crippen molar-refractivity contribution in [3.05, 3.63) is 47.3 Å². The van der Waals surface area contributed by atoms with Crippen molar-refractivity contribution in [2.45, 2.75) is 25.8 Å². The van der Waals surface area contributed by atoms with E-state index in [2.05, 4.69) is 61.9 Å². The maximum atomic E-state index is 12.1. The molecule has 2 aliphatic heterocycles. The van der Waals surface area contributed by atoms with Crippen LogP contribution in [0.2, 0.25) is 0 Å². The number of carbonyl (C=O) groups is 1. The second-order valence-corrected chi connectivity index (χ2v) is 8.42. The first-order valence-corrected chi connectivity index (χ1v) is 11.3. The van der Waals surface area contributed by atoms with E-state index in [-0.39, 0.29) is 29.9 Å². The van der Waals surface area contributed by atoms with Crippen molar-refractivity contribution >= 4 is 57.9 Å². The number of piperidine rings is 1. The molecule has 6 nitrogen and oxygen atoms in total. The molecule has 162 valence electrons. The Kier molecular flexibility index (Phi) is 8.38. The van der Waals surface area contributed by atoms with Crippen molar-refractivity contribution in [2.24, 2.45) is 4.99 Å². The molecular weight excluding hydrogens is 509 g/mol. The highest BCUT2D eigenvalue weighted by Gasteiger charge is 2.21. The van der Waals surface area contributed by atoms with E-state index in [0.717, 1.165) is 63.8 Å². The fourth-order valence-electron chi connectivity index (χ4n) is 3.97. The first-order valence-electron chi connectivity index (χ1n) is 10.4. The van der Waals surface area contributed by atoms with Crippen LogP contribution in [0.4, 0.5) is 10.7 Å². The van der Waals surface area contributed by atoms with E-state index in [4.69, 9.17) is 0 Å². The number of anilines is 2. The van der Waals surface area contributed by atoms with Crippen molar-refractivity contribution in [1.82, 2.24) is 10.2 Å². The van der Waals surface area contributed by atoms with E-state index in [9.17, 15) is 4.79 Å². The molecule has 1 aromatic heterocycles. The van der Waals surface area contributed by atoms with E-state index in [1.54, 1.807) is 11.3 Å². The number of nitrogens with one attached hydrogen (secondary N) is 1. The van der Waals surface area contributed by atoms with E-state index >= 15 is 0 Å². The minimum Gasteiger partial charge on any atom is -0.360 e. The molecule has 1 N–H and O–H groups in total. The van der Waals surface area contributed by atoms with Crippen LogP contribution in [0.3, 0.4) is 0 Å². The number of guanidine groups is 1. The summed E-state index contributed by atoms with van der Waals surface area (Å²) in [6, 6.07) is 12.6. The predicted molar refractivity (Wildman–Crippen MR) is 136 cm³/mol. The number of piperazine rings is 1. The first kappa shape index (κ1) is 22.9. The summed E-state index contributed by atoms with van der Waals surface area (Å²) in [4.78, 5) is 23.2. The molecule has 0 unspecified atom stereocenters. The van der Waals surface area contributed by atoms with Gasteiger partial charge in [-0.05, 0) is 48.1 Å². The number of rotatable bonds is 4. The lowest BCUT2D eigenvalue weighted by molar-refractivity contribution is -0.119. The van der Waals surface area contributed by atoms with E-state index in [1.807, 2.05) is 11.9 Å². The van der Waals surface area contributed by atoms with Gasteiger partial charge in [0.05, 0.1) is 5.00 Å². The zero-order valence-corrected chi connectivity index (χ0v) is 20.6. The van der Waals surface area contributed by atoms with Crippen LogP contribution < -0.4 is 15.1 Å². The number of carbonyl (C=O) groups excluding carboxylic acids is 1. The Bertz CT molecular complexity index is 832. The average molecular weight is 539 g/mol. The van der Waals surface area contributed by atoms with Crippen molar-refractivity contribution in [2.75, 3.05) is 49.6 Å². The number of hydrogen-bond donors (Lipinski definition) is 1. The second-order valence-electron chi connectivity index (χ2n) is 7.50. The van der Waals surface area contributed by atoms with Crippen LogP contribution in [0.25, 0.3) is 0 Å². The van der Waals surface area contributed by atoms with Crippen molar-refractivity contribution in [3.63, 3.8) is 0 Å². The van der Waals surface area contributed by atoms with E-state index in [1.165, 1.54) is 10.6 Å². The van der Waals surface area contributed by atoms with Crippen LogP contribution in [0.5, 0.6) is 0 Å². The standard InChI is InChI=1S/C22H29N5OS.HI/c1-23-22(26-14-12-25(13-15-26)21-6-4-16-29-21)24-17-18-7-9-19(10-8-18)27-11-3-2-5-20(27)28;/h4,6-10,16H,2-3,5,11-15,17H2,1H3,(H,23,24);1H. The smallest absolute Gasteiger partial charge is 0.226 e. The number of amides is 1. The monoisotopic (exact) mass is 539 g/mol. The molecule has 0 aliphatic carbocycles. The Hall–Kier alpha value is -1.81. The number of hydrogen-bond acceptors (Lipinski definition) is 4. The van der Waals surface area contributed by atoms with Crippen LogP contribution >= 0.6 is 35.3 Å². The molecule has 2 fully saturated rings. The molecule has 3 heterocycles. The third-order valence-corrected chi connectivity index (χ3v) is 6.56. The minimum absolute atomic E-state index is 0. The fourth-order valence-corrected chi connectivity index (χ4v) is 4.76. The van der Waals surface area contributed by atoms with Gasteiger partial charge in [-0.2, -0.15) is 0 Å². The summed E-state index contributed by atoms with van der Waals surface area (Å²) in [7, 11) is 1.85. The van der Waals surface area contributed by atoms with Gasteiger partial charge in [0.15, 0.2) is 5.96 Å². The van der Waals surface area contributed by atoms with Gasteiger partial charge in [0.2, 0.25) is 5.91 Å². The Labute approximate surface area is 200 Å². The van der Waals surface area contributed by atoms with Crippen molar-refractivity contribution in [1.29, 1.82) is 0 Å². The highest BCUT2D eigenvalue weighted by molar-refractivity contribution is 14.0. The third kappa shape index (κ3) is 5.46. The lowest BCUT2D eigenvalue weighted by atomic mass is 10.1. The first-order chi connectivity index (χ1) is 14.2. The second kappa shape index (κ2) is 11.0. The highest BCUT2D eigenvalue weighted by atomic mass is 127. The van der Waals surface area contributed by atoms with Gasteiger partial charge in [0.1, 0.15) is 0 Å². The normalized spacial score (nSPS) is 17.7. The van der Waals surface area contributed by atoms with Crippen molar-refractivity contribution in [3.8, 4) is 0 Å². The molecule has 0 spiro atoms. The number of halogens is 1. The SMILES string of the molecule is CN=C(NCc1ccc(N2CCCCC2=O)cc1)N1CCN(c2cccs2)CC1.I. The molecule has 1 aromatic carbocycles. The van der Waals surface area contributed by atoms with Gasteiger partial charge >= 0.3 is 0 Å². The Morgan fingerprint density at radius 3 is 2.47 bits per heavy atom. The van der Waals surface area contributed by atoms with Gasteiger partial charge in [-0.1, -0.05) is 12.1 Å². The van der Waals surface area contributed by atoms with Crippen LogP contribution in [0.15, 0.2) is 46.8 Å². The summed E-state index contributed by atoms with van der Waals surface area (Å²) in [5, 5.41) is 6.97. The molecule has 0 atom stereocenters. The maximum absolute atomic E-state index is 12.1. The van der Waals surface area contributed by atoms with Gasteiger partial charge in [-0.3, -0.25) is 9.79 Å². The van der Waals surface area contributed by atoms with Crippen LogP contribution in [-0.4, -0.2) is 56.5 Å². The molecule has 8 heteroatoms. The van der Waals surface area contributed by atoms with Gasteiger partial charge in [-0.15, -0.1) is 35.3 Å². The lowest BCUT2D eigenvalue weighted by Crippen LogP contribution is -2.52. The summed E-state index contributed by atoms with van der Waals surface area (Å²) in [6.07, 6.45) is 2.77.